The van der Waals surface area contributed by atoms with Gasteiger partial charge in [-0.15, -0.1) is 0 Å². The molecule has 0 bridgehead atoms. The molecule has 32 heavy (non-hydrogen) atoms. The van der Waals surface area contributed by atoms with Gasteiger partial charge in [-0.05, 0) is 19.4 Å². The predicted octanol–water partition coefficient (Wildman–Crippen LogP) is -1.96. The highest BCUT2D eigenvalue weighted by atomic mass is 32.2. The Labute approximate surface area is 184 Å². The van der Waals surface area contributed by atoms with Crippen LogP contribution in [-0.4, -0.2) is 82.1 Å². The van der Waals surface area contributed by atoms with Crippen molar-refractivity contribution in [1.29, 1.82) is 0 Å². The van der Waals surface area contributed by atoms with Crippen LogP contribution >= 0.6 is 0 Å². The Bertz CT molecular complexity index is 1060. The van der Waals surface area contributed by atoms with Crippen LogP contribution in [0, 0.1) is 5.92 Å². The number of rotatable bonds is 9. The number of amides is 1. The van der Waals surface area contributed by atoms with Crippen LogP contribution in [0.2, 0.25) is 0 Å². The molecule has 0 unspecified atom stereocenters. The van der Waals surface area contributed by atoms with Gasteiger partial charge >= 0.3 is 10.3 Å². The third kappa shape index (κ3) is 5.13. The molecule has 0 saturated carbocycles. The summed E-state index contributed by atoms with van der Waals surface area (Å²) in [6.07, 6.45) is -2.32. The number of hydrogen-bond donors (Lipinski definition) is 5. The lowest BCUT2D eigenvalue weighted by atomic mass is 10.0. The molecule has 1 aliphatic rings. The van der Waals surface area contributed by atoms with Crippen LogP contribution in [0.25, 0.3) is 11.2 Å². The number of aliphatic hydroxyl groups excluding tert-OH is 2. The molecule has 2 aromatic rings. The van der Waals surface area contributed by atoms with Crippen molar-refractivity contribution in [1.82, 2.24) is 29.6 Å². The lowest BCUT2D eigenvalue weighted by Gasteiger charge is -2.19. The van der Waals surface area contributed by atoms with Crippen molar-refractivity contribution in [2.75, 3.05) is 19.4 Å². The Balaban J connectivity index is 1.65. The number of carbonyl (C=O) groups excluding carboxylic acids is 1. The van der Waals surface area contributed by atoms with Crippen molar-refractivity contribution in [3.05, 3.63) is 12.7 Å². The van der Waals surface area contributed by atoms with Gasteiger partial charge in [-0.2, -0.15) is 8.42 Å². The minimum Gasteiger partial charge on any atom is -0.387 e. The van der Waals surface area contributed by atoms with E-state index in [9.17, 15) is 23.4 Å². The molecule has 2 aromatic heterocycles. The molecule has 1 saturated heterocycles. The molecule has 1 fully saturated rings. The Morgan fingerprint density at radius 1 is 1.31 bits per heavy atom. The summed E-state index contributed by atoms with van der Waals surface area (Å²) in [5, 5.41) is 23.5. The SMILES string of the molecule is CN[C@@H](CC(C)C)C(=O)NS(=O)(=O)OC[C@H]1O[C@@H](n2cnc3c(N)ncnc32)[C@H](O)[C@@H]1O. The number of hydrogen-bond acceptors (Lipinski definition) is 12. The topological polar surface area (TPSA) is 204 Å². The molecular formula is C17H27N7O7S. The molecule has 6 N–H and O–H groups in total. The Morgan fingerprint density at radius 2 is 2.03 bits per heavy atom. The Morgan fingerprint density at radius 3 is 2.69 bits per heavy atom. The van der Waals surface area contributed by atoms with Crippen LogP contribution in [0.5, 0.6) is 0 Å². The number of likely N-dealkylation sites (N-methyl/N-ethyl adjacent to an activating group) is 1. The third-order valence-electron chi connectivity index (χ3n) is 4.98. The van der Waals surface area contributed by atoms with Gasteiger partial charge in [0.15, 0.2) is 17.7 Å². The van der Waals surface area contributed by atoms with Gasteiger partial charge in [0.1, 0.15) is 30.2 Å². The first kappa shape index (κ1) is 24.2. The van der Waals surface area contributed by atoms with Crippen LogP contribution in [-0.2, 0) is 24.0 Å². The van der Waals surface area contributed by atoms with E-state index in [0.717, 1.165) is 0 Å². The number of nitrogens with zero attached hydrogens (tertiary/aromatic N) is 4. The van der Waals surface area contributed by atoms with Crippen LogP contribution in [0.4, 0.5) is 5.82 Å². The van der Waals surface area contributed by atoms with E-state index in [1.165, 1.54) is 17.2 Å². The molecule has 3 rings (SSSR count). The van der Waals surface area contributed by atoms with E-state index in [0.29, 0.717) is 6.42 Å². The fraction of sp³-hybridized carbons (Fsp3) is 0.647. The first-order valence-corrected chi connectivity index (χ1v) is 11.3. The summed E-state index contributed by atoms with van der Waals surface area (Å²) in [7, 11) is -2.94. The second-order valence-electron chi connectivity index (χ2n) is 7.81. The first-order valence-electron chi connectivity index (χ1n) is 9.87. The van der Waals surface area contributed by atoms with Gasteiger partial charge < -0.3 is 26.0 Å². The summed E-state index contributed by atoms with van der Waals surface area (Å²) in [5.74, 6) is -0.489. The quantitative estimate of drug-likeness (QED) is 0.269. The minimum absolute atomic E-state index is 0.126. The summed E-state index contributed by atoms with van der Waals surface area (Å²) < 4.78 is 38.0. The van der Waals surface area contributed by atoms with E-state index in [1.54, 1.807) is 7.05 Å². The zero-order valence-electron chi connectivity index (χ0n) is 17.7. The summed E-state index contributed by atoms with van der Waals surface area (Å²) in [6.45, 7) is 3.15. The number of aromatic nitrogens is 4. The average Bonchev–Trinajstić information content (AvgIpc) is 3.27. The molecular weight excluding hydrogens is 446 g/mol. The fourth-order valence-electron chi connectivity index (χ4n) is 3.36. The number of imidazole rings is 1. The number of anilines is 1. The summed E-state index contributed by atoms with van der Waals surface area (Å²) in [6, 6.07) is -0.725. The van der Waals surface area contributed by atoms with Gasteiger partial charge in [0, 0.05) is 0 Å². The number of nitrogens with one attached hydrogen (secondary N) is 2. The van der Waals surface area contributed by atoms with Gasteiger partial charge in [-0.1, -0.05) is 13.8 Å². The zero-order chi connectivity index (χ0) is 23.6. The molecule has 0 radical (unpaired) electrons. The van der Waals surface area contributed by atoms with Crippen molar-refractivity contribution in [3.63, 3.8) is 0 Å². The van der Waals surface area contributed by atoms with Gasteiger partial charge in [0.2, 0.25) is 0 Å². The normalized spacial score (nSPS) is 24.8. The molecule has 5 atom stereocenters. The zero-order valence-corrected chi connectivity index (χ0v) is 18.6. The molecule has 0 spiro atoms. The van der Waals surface area contributed by atoms with Crippen LogP contribution in [0.1, 0.15) is 26.5 Å². The van der Waals surface area contributed by atoms with E-state index in [1.807, 2.05) is 18.6 Å². The van der Waals surface area contributed by atoms with Crippen molar-refractivity contribution in [2.24, 2.45) is 5.92 Å². The van der Waals surface area contributed by atoms with Crippen molar-refractivity contribution >= 4 is 33.2 Å². The Kier molecular flexibility index (Phi) is 7.26. The van der Waals surface area contributed by atoms with Crippen molar-refractivity contribution in [2.45, 2.75) is 50.8 Å². The molecule has 3 heterocycles. The van der Waals surface area contributed by atoms with Crippen molar-refractivity contribution in [3.8, 4) is 0 Å². The van der Waals surface area contributed by atoms with Gasteiger partial charge in [-0.3, -0.25) is 13.5 Å². The van der Waals surface area contributed by atoms with Crippen LogP contribution in [0.15, 0.2) is 12.7 Å². The van der Waals surface area contributed by atoms with Gasteiger partial charge in [-0.25, -0.2) is 19.7 Å². The maximum Gasteiger partial charge on any atom is 0.362 e. The third-order valence-corrected chi connectivity index (χ3v) is 5.88. The molecule has 15 heteroatoms. The fourth-order valence-corrected chi connectivity index (χ4v) is 4.12. The van der Waals surface area contributed by atoms with E-state index < -0.39 is 53.4 Å². The predicted molar refractivity (Wildman–Crippen MR) is 111 cm³/mol. The molecule has 1 amide bonds. The highest BCUT2D eigenvalue weighted by molar-refractivity contribution is 7.85. The highest BCUT2D eigenvalue weighted by Crippen LogP contribution is 2.32. The molecule has 14 nitrogen and oxygen atoms in total. The number of nitrogen functional groups attached to an aromatic ring is 1. The largest absolute Gasteiger partial charge is 0.387 e. The lowest BCUT2D eigenvalue weighted by molar-refractivity contribution is -0.121. The lowest BCUT2D eigenvalue weighted by Crippen LogP contribution is -2.46. The second-order valence-corrected chi connectivity index (χ2v) is 9.15. The maximum absolute atomic E-state index is 12.2. The van der Waals surface area contributed by atoms with E-state index in [4.69, 9.17) is 14.7 Å². The monoisotopic (exact) mass is 473 g/mol. The van der Waals surface area contributed by atoms with Crippen LogP contribution < -0.4 is 15.8 Å². The highest BCUT2D eigenvalue weighted by Gasteiger charge is 2.45. The van der Waals surface area contributed by atoms with E-state index >= 15 is 0 Å². The number of aliphatic hydroxyl groups is 2. The average molecular weight is 474 g/mol. The second kappa shape index (κ2) is 9.60. The van der Waals surface area contributed by atoms with E-state index in [2.05, 4.69) is 20.3 Å². The molecule has 0 aliphatic carbocycles. The molecule has 178 valence electrons. The maximum atomic E-state index is 12.2. The first-order chi connectivity index (χ1) is 15.0. The summed E-state index contributed by atoms with van der Waals surface area (Å²) in [5.41, 5.74) is 6.29. The Hall–Kier alpha value is -2.43. The standard InChI is InChI=1S/C17H27N7O7S/c1-8(2)4-9(19-3)16(27)23-32(28,29)30-5-10-12(25)13(26)17(31-10)24-7-22-11-14(18)20-6-21-15(11)24/h6-10,12-13,17,19,25-26H,4-5H2,1-3H3,(H,23,27)(H2,18,20,21)/t9-,10+,12+,13+,17+/m0/s1. The van der Waals surface area contributed by atoms with Gasteiger partial charge in [0.25, 0.3) is 5.91 Å². The number of carbonyl (C=O) groups is 1. The van der Waals surface area contributed by atoms with Crippen LogP contribution in [0.3, 0.4) is 0 Å². The smallest absolute Gasteiger partial charge is 0.362 e. The molecule has 1 aliphatic heterocycles. The van der Waals surface area contributed by atoms with E-state index in [-0.39, 0.29) is 22.9 Å². The van der Waals surface area contributed by atoms with Gasteiger partial charge in [0.05, 0.1) is 19.0 Å². The number of nitrogens with two attached hydrogens (primary N) is 1. The minimum atomic E-state index is -4.48. The number of fused-ring (bicyclic) bond motifs is 1. The summed E-state index contributed by atoms with van der Waals surface area (Å²) in [4.78, 5) is 24.2. The summed E-state index contributed by atoms with van der Waals surface area (Å²) >= 11 is 0. The number of ether oxygens (including phenoxy) is 1. The van der Waals surface area contributed by atoms with Crippen molar-refractivity contribution < 1.29 is 32.3 Å². The molecule has 0 aromatic carbocycles.